The van der Waals surface area contributed by atoms with Crippen molar-refractivity contribution < 1.29 is 0 Å². The second kappa shape index (κ2) is 6.68. The molecule has 11 heavy (non-hydrogen) atoms. The average Bonchev–Trinajstić information content (AvgIpc) is 1.97. The van der Waals surface area contributed by atoms with Gasteiger partial charge in [-0.05, 0) is 13.3 Å². The first-order chi connectivity index (χ1) is 5.16. The topological polar surface area (TPSA) is 12.0 Å². The number of nitrogens with one attached hydrogen (secondary N) is 1. The average molecular weight is 176 g/mol. The third-order valence-electron chi connectivity index (χ3n) is 1.63. The van der Waals surface area contributed by atoms with Gasteiger partial charge in [-0.25, -0.2) is 0 Å². The van der Waals surface area contributed by atoms with Crippen LogP contribution in [0.3, 0.4) is 0 Å². The maximum absolute atomic E-state index is 5.60. The minimum absolute atomic E-state index is 0.561. The summed E-state index contributed by atoms with van der Waals surface area (Å²) in [6.07, 6.45) is 3.76. The molecule has 0 bridgehead atoms. The maximum atomic E-state index is 5.60. The van der Waals surface area contributed by atoms with Crippen LogP contribution < -0.4 is 5.32 Å². The van der Waals surface area contributed by atoms with Crippen LogP contribution in [0.15, 0.2) is 11.6 Å². The lowest BCUT2D eigenvalue weighted by Crippen LogP contribution is -2.26. The lowest BCUT2D eigenvalue weighted by molar-refractivity contribution is 0.518. The molecule has 0 aromatic rings. The SMILES string of the molecule is C=C(Cl)CNC(C)CCCC. The van der Waals surface area contributed by atoms with Gasteiger partial charge in [-0.2, -0.15) is 0 Å². The third-order valence-corrected chi connectivity index (χ3v) is 1.77. The molecule has 0 fully saturated rings. The Morgan fingerprint density at radius 3 is 2.73 bits per heavy atom. The molecular formula is C9H18ClN. The Bertz CT molecular complexity index is 112. The van der Waals surface area contributed by atoms with Crippen LogP contribution in [0.4, 0.5) is 0 Å². The molecule has 1 unspecified atom stereocenters. The summed E-state index contributed by atoms with van der Waals surface area (Å²) in [4.78, 5) is 0. The molecular weight excluding hydrogens is 158 g/mol. The smallest absolute Gasteiger partial charge is 0.0309 e. The normalized spacial score (nSPS) is 13.0. The zero-order valence-corrected chi connectivity index (χ0v) is 8.25. The van der Waals surface area contributed by atoms with Crippen molar-refractivity contribution in [1.29, 1.82) is 0 Å². The quantitative estimate of drug-likeness (QED) is 0.655. The fraction of sp³-hybridized carbons (Fsp3) is 0.778. The number of unbranched alkanes of at least 4 members (excludes halogenated alkanes) is 1. The Balaban J connectivity index is 3.22. The Labute approximate surface area is 74.8 Å². The van der Waals surface area contributed by atoms with Gasteiger partial charge in [0.15, 0.2) is 0 Å². The van der Waals surface area contributed by atoms with E-state index in [9.17, 15) is 0 Å². The lowest BCUT2D eigenvalue weighted by Gasteiger charge is -2.11. The fourth-order valence-corrected chi connectivity index (χ4v) is 0.974. The van der Waals surface area contributed by atoms with Gasteiger partial charge < -0.3 is 5.32 Å². The van der Waals surface area contributed by atoms with Crippen molar-refractivity contribution in [1.82, 2.24) is 5.32 Å². The Kier molecular flexibility index (Phi) is 6.68. The molecule has 1 atom stereocenters. The molecule has 0 amide bonds. The number of rotatable bonds is 6. The van der Waals surface area contributed by atoms with Crippen LogP contribution in [0.25, 0.3) is 0 Å². The van der Waals surface area contributed by atoms with E-state index in [4.69, 9.17) is 11.6 Å². The summed E-state index contributed by atoms with van der Waals surface area (Å²) in [7, 11) is 0. The molecule has 0 aliphatic rings. The zero-order chi connectivity index (χ0) is 8.69. The van der Waals surface area contributed by atoms with Crippen molar-refractivity contribution in [2.24, 2.45) is 0 Å². The van der Waals surface area contributed by atoms with Gasteiger partial charge in [-0.1, -0.05) is 37.9 Å². The van der Waals surface area contributed by atoms with Crippen molar-refractivity contribution in [2.75, 3.05) is 6.54 Å². The molecule has 0 spiro atoms. The number of hydrogen-bond donors (Lipinski definition) is 1. The monoisotopic (exact) mass is 175 g/mol. The highest BCUT2D eigenvalue weighted by Gasteiger charge is 1.99. The van der Waals surface area contributed by atoms with E-state index in [2.05, 4.69) is 25.7 Å². The van der Waals surface area contributed by atoms with Gasteiger partial charge in [0.1, 0.15) is 0 Å². The maximum Gasteiger partial charge on any atom is 0.0309 e. The standard InChI is InChI=1S/C9H18ClN/c1-4-5-6-9(3)11-7-8(2)10/h9,11H,2,4-7H2,1,3H3. The Morgan fingerprint density at radius 2 is 2.27 bits per heavy atom. The van der Waals surface area contributed by atoms with Crippen molar-refractivity contribution in [3.63, 3.8) is 0 Å². The van der Waals surface area contributed by atoms with Crippen LogP contribution >= 0.6 is 11.6 Å². The first-order valence-corrected chi connectivity index (χ1v) is 4.61. The molecule has 1 nitrogen and oxygen atoms in total. The number of hydrogen-bond acceptors (Lipinski definition) is 1. The van der Waals surface area contributed by atoms with Crippen LogP contribution in [0.2, 0.25) is 0 Å². The highest BCUT2D eigenvalue weighted by molar-refractivity contribution is 6.29. The van der Waals surface area contributed by atoms with E-state index in [1.807, 2.05) is 0 Å². The van der Waals surface area contributed by atoms with E-state index in [0.717, 1.165) is 6.54 Å². The summed E-state index contributed by atoms with van der Waals surface area (Å²) in [5.74, 6) is 0. The van der Waals surface area contributed by atoms with Gasteiger partial charge in [0.05, 0.1) is 0 Å². The first kappa shape index (κ1) is 11.0. The molecule has 0 aliphatic carbocycles. The zero-order valence-electron chi connectivity index (χ0n) is 7.49. The minimum atomic E-state index is 0.561. The second-order valence-electron chi connectivity index (χ2n) is 2.94. The van der Waals surface area contributed by atoms with E-state index in [1.54, 1.807) is 0 Å². The summed E-state index contributed by atoms with van der Waals surface area (Å²) >= 11 is 5.60. The predicted molar refractivity (Wildman–Crippen MR) is 52.0 cm³/mol. The molecule has 1 N–H and O–H groups in total. The lowest BCUT2D eigenvalue weighted by atomic mass is 10.1. The van der Waals surface area contributed by atoms with Crippen LogP contribution in [0, 0.1) is 0 Å². The van der Waals surface area contributed by atoms with E-state index in [0.29, 0.717) is 11.1 Å². The third kappa shape index (κ3) is 7.89. The predicted octanol–water partition coefficient (Wildman–Crippen LogP) is 2.91. The van der Waals surface area contributed by atoms with Crippen molar-refractivity contribution in [3.8, 4) is 0 Å². The summed E-state index contributed by atoms with van der Waals surface area (Å²) in [6, 6.07) is 0.561. The highest BCUT2D eigenvalue weighted by atomic mass is 35.5. The van der Waals surface area contributed by atoms with Crippen LogP contribution in [0.5, 0.6) is 0 Å². The van der Waals surface area contributed by atoms with Crippen LogP contribution in [0.1, 0.15) is 33.1 Å². The number of halogens is 1. The van der Waals surface area contributed by atoms with Crippen LogP contribution in [-0.2, 0) is 0 Å². The summed E-state index contributed by atoms with van der Waals surface area (Å²) in [5, 5.41) is 3.97. The van der Waals surface area contributed by atoms with Gasteiger partial charge in [0, 0.05) is 17.6 Å². The Hall–Kier alpha value is -0.0100. The van der Waals surface area contributed by atoms with E-state index >= 15 is 0 Å². The van der Waals surface area contributed by atoms with E-state index in [-0.39, 0.29) is 0 Å². The molecule has 0 aromatic heterocycles. The first-order valence-electron chi connectivity index (χ1n) is 4.23. The Morgan fingerprint density at radius 1 is 1.64 bits per heavy atom. The van der Waals surface area contributed by atoms with E-state index < -0.39 is 0 Å². The summed E-state index contributed by atoms with van der Waals surface area (Å²) in [6.45, 7) is 8.72. The van der Waals surface area contributed by atoms with Gasteiger partial charge in [0.2, 0.25) is 0 Å². The van der Waals surface area contributed by atoms with E-state index in [1.165, 1.54) is 19.3 Å². The molecule has 0 rings (SSSR count). The molecule has 0 aliphatic heterocycles. The van der Waals surface area contributed by atoms with Crippen LogP contribution in [-0.4, -0.2) is 12.6 Å². The summed E-state index contributed by atoms with van der Waals surface area (Å²) in [5.41, 5.74) is 0. The molecule has 2 heteroatoms. The highest BCUT2D eigenvalue weighted by Crippen LogP contribution is 2.00. The van der Waals surface area contributed by atoms with Gasteiger partial charge in [-0.15, -0.1) is 0 Å². The van der Waals surface area contributed by atoms with Gasteiger partial charge in [-0.3, -0.25) is 0 Å². The van der Waals surface area contributed by atoms with Crippen molar-refractivity contribution >= 4 is 11.6 Å². The molecule has 0 saturated heterocycles. The molecule has 66 valence electrons. The largest absolute Gasteiger partial charge is 0.309 e. The van der Waals surface area contributed by atoms with Gasteiger partial charge >= 0.3 is 0 Å². The molecule has 0 aromatic carbocycles. The molecule has 0 radical (unpaired) electrons. The van der Waals surface area contributed by atoms with Crippen molar-refractivity contribution in [2.45, 2.75) is 39.2 Å². The molecule has 0 saturated carbocycles. The fourth-order valence-electron chi connectivity index (χ4n) is 0.897. The summed E-state index contributed by atoms with van der Waals surface area (Å²) < 4.78 is 0. The van der Waals surface area contributed by atoms with Crippen molar-refractivity contribution in [3.05, 3.63) is 11.6 Å². The second-order valence-corrected chi connectivity index (χ2v) is 3.48. The molecule has 0 heterocycles. The van der Waals surface area contributed by atoms with Gasteiger partial charge in [0.25, 0.3) is 0 Å². The minimum Gasteiger partial charge on any atom is -0.309 e.